The molecule has 2 rings (SSSR count). The molecule has 5 heteroatoms. The summed E-state index contributed by atoms with van der Waals surface area (Å²) in [5, 5.41) is 0. The maximum Gasteiger partial charge on any atom is 0.142 e. The van der Waals surface area contributed by atoms with E-state index in [1.54, 1.807) is 6.20 Å². The maximum absolute atomic E-state index is 13.1. The predicted molar refractivity (Wildman–Crippen MR) is 63.7 cm³/mol. The second-order valence-corrected chi connectivity index (χ2v) is 3.74. The number of aryl methyl sites for hydroxylation is 1. The van der Waals surface area contributed by atoms with Crippen molar-refractivity contribution in [3.8, 4) is 11.3 Å². The molecule has 17 heavy (non-hydrogen) atoms. The minimum Gasteiger partial charge on any atom is -0.383 e. The van der Waals surface area contributed by atoms with E-state index in [2.05, 4.69) is 15.0 Å². The summed E-state index contributed by atoms with van der Waals surface area (Å²) in [6.07, 6.45) is 3.40. The summed E-state index contributed by atoms with van der Waals surface area (Å²) in [7, 11) is 0. The van der Waals surface area contributed by atoms with Gasteiger partial charge in [0.15, 0.2) is 0 Å². The van der Waals surface area contributed by atoms with E-state index in [1.165, 1.54) is 6.07 Å². The van der Waals surface area contributed by atoms with Crippen LogP contribution in [0.25, 0.3) is 11.3 Å². The normalized spacial score (nSPS) is 10.5. The Bertz CT molecular complexity index is 554. The Balaban J connectivity index is 2.62. The molecule has 2 heterocycles. The van der Waals surface area contributed by atoms with Crippen LogP contribution in [0.2, 0.25) is 0 Å². The number of hydrogen-bond donors (Lipinski definition) is 1. The van der Waals surface area contributed by atoms with Crippen molar-refractivity contribution in [2.24, 2.45) is 0 Å². The molecule has 2 aromatic heterocycles. The van der Waals surface area contributed by atoms with Crippen molar-refractivity contribution in [1.29, 1.82) is 0 Å². The van der Waals surface area contributed by atoms with Gasteiger partial charge in [-0.3, -0.25) is 4.98 Å². The minimum atomic E-state index is -0.392. The second-order valence-electron chi connectivity index (χ2n) is 3.74. The third kappa shape index (κ3) is 2.22. The van der Waals surface area contributed by atoms with Crippen molar-refractivity contribution in [1.82, 2.24) is 15.0 Å². The fourth-order valence-electron chi connectivity index (χ4n) is 1.56. The summed E-state index contributed by atoms with van der Waals surface area (Å²) in [6.45, 7) is 3.76. The average Bonchev–Trinajstić information content (AvgIpc) is 2.32. The molecule has 0 unspecified atom stereocenters. The second kappa shape index (κ2) is 4.45. The zero-order valence-electron chi connectivity index (χ0n) is 9.74. The van der Waals surface area contributed by atoms with E-state index in [9.17, 15) is 4.39 Å². The number of nitrogens with zero attached hydrogens (tertiary/aromatic N) is 3. The van der Waals surface area contributed by atoms with Crippen LogP contribution in [0.5, 0.6) is 0 Å². The first-order valence-corrected chi connectivity index (χ1v) is 5.35. The van der Waals surface area contributed by atoms with E-state index in [0.29, 0.717) is 29.3 Å². The van der Waals surface area contributed by atoms with Crippen molar-refractivity contribution in [3.05, 3.63) is 35.7 Å². The average molecular weight is 232 g/mol. The van der Waals surface area contributed by atoms with Gasteiger partial charge < -0.3 is 5.73 Å². The number of nitrogens with two attached hydrogens (primary N) is 1. The molecule has 0 fully saturated rings. The first kappa shape index (κ1) is 11.4. The number of nitrogen functional groups attached to an aromatic ring is 1. The van der Waals surface area contributed by atoms with Gasteiger partial charge in [0.1, 0.15) is 17.5 Å². The first-order valence-electron chi connectivity index (χ1n) is 5.35. The van der Waals surface area contributed by atoms with E-state index in [-0.39, 0.29) is 0 Å². The molecule has 88 valence electrons. The quantitative estimate of drug-likeness (QED) is 0.861. The van der Waals surface area contributed by atoms with Gasteiger partial charge in [-0.05, 0) is 13.0 Å². The van der Waals surface area contributed by atoms with Gasteiger partial charge in [0, 0.05) is 23.7 Å². The monoisotopic (exact) mass is 232 g/mol. The molecular formula is C12H13FN4. The summed E-state index contributed by atoms with van der Waals surface area (Å²) < 4.78 is 13.1. The lowest BCUT2D eigenvalue weighted by molar-refractivity contribution is 0.622. The van der Waals surface area contributed by atoms with Gasteiger partial charge >= 0.3 is 0 Å². The van der Waals surface area contributed by atoms with Gasteiger partial charge in [0.05, 0.1) is 11.9 Å². The van der Waals surface area contributed by atoms with Crippen LogP contribution in [-0.2, 0) is 6.42 Å². The molecule has 0 saturated heterocycles. The molecule has 0 aliphatic heterocycles. The highest BCUT2D eigenvalue weighted by molar-refractivity contribution is 5.66. The summed E-state index contributed by atoms with van der Waals surface area (Å²) >= 11 is 0. The summed E-state index contributed by atoms with van der Waals surface area (Å²) in [5.74, 6) is 0.681. The fourth-order valence-corrected chi connectivity index (χ4v) is 1.56. The van der Waals surface area contributed by atoms with Crippen molar-refractivity contribution in [2.75, 3.05) is 5.73 Å². The van der Waals surface area contributed by atoms with Crippen LogP contribution in [0.15, 0.2) is 18.5 Å². The highest BCUT2D eigenvalue weighted by Gasteiger charge is 2.10. The molecule has 0 radical (unpaired) electrons. The van der Waals surface area contributed by atoms with Crippen LogP contribution < -0.4 is 5.73 Å². The fraction of sp³-hybridized carbons (Fsp3) is 0.250. The molecule has 2 aromatic rings. The molecule has 4 nitrogen and oxygen atoms in total. The van der Waals surface area contributed by atoms with Crippen LogP contribution in [0.3, 0.4) is 0 Å². The van der Waals surface area contributed by atoms with Crippen molar-refractivity contribution in [2.45, 2.75) is 20.3 Å². The Hall–Kier alpha value is -2.04. The van der Waals surface area contributed by atoms with Gasteiger partial charge in [-0.25, -0.2) is 14.4 Å². The molecule has 0 aliphatic carbocycles. The van der Waals surface area contributed by atoms with Gasteiger partial charge in [-0.15, -0.1) is 0 Å². The molecule has 0 spiro atoms. The lowest BCUT2D eigenvalue weighted by atomic mass is 10.1. The lowest BCUT2D eigenvalue weighted by Crippen LogP contribution is -2.04. The van der Waals surface area contributed by atoms with E-state index >= 15 is 0 Å². The van der Waals surface area contributed by atoms with Crippen molar-refractivity contribution in [3.63, 3.8) is 0 Å². The lowest BCUT2D eigenvalue weighted by Gasteiger charge is -2.09. The predicted octanol–water partition coefficient (Wildman–Crippen LogP) is 2.13. The third-order valence-corrected chi connectivity index (χ3v) is 2.52. The molecule has 0 amide bonds. The van der Waals surface area contributed by atoms with E-state index < -0.39 is 5.82 Å². The highest BCUT2D eigenvalue weighted by Crippen LogP contribution is 2.24. The Morgan fingerprint density at radius 2 is 2.06 bits per heavy atom. The number of aromatic nitrogens is 3. The van der Waals surface area contributed by atoms with Crippen LogP contribution in [0.1, 0.15) is 18.3 Å². The molecule has 0 saturated carbocycles. The summed E-state index contributed by atoms with van der Waals surface area (Å²) in [6, 6.07) is 1.39. The van der Waals surface area contributed by atoms with Gasteiger partial charge in [-0.1, -0.05) is 6.92 Å². The largest absolute Gasteiger partial charge is 0.383 e. The Kier molecular flexibility index (Phi) is 2.99. The summed E-state index contributed by atoms with van der Waals surface area (Å²) in [5.41, 5.74) is 7.81. The van der Waals surface area contributed by atoms with Crippen LogP contribution in [0.4, 0.5) is 10.2 Å². The maximum atomic E-state index is 13.1. The number of hydrogen-bond acceptors (Lipinski definition) is 4. The Labute approximate surface area is 98.7 Å². The number of halogens is 1. The molecule has 0 atom stereocenters. The SMILES string of the molecule is CCc1nc(N)c(C)c(-c2cncc(F)c2)n1. The van der Waals surface area contributed by atoms with Crippen LogP contribution in [0, 0.1) is 12.7 Å². The number of rotatable bonds is 2. The summed E-state index contributed by atoms with van der Waals surface area (Å²) in [4.78, 5) is 12.3. The zero-order chi connectivity index (χ0) is 12.4. The van der Waals surface area contributed by atoms with Gasteiger partial charge in [0.2, 0.25) is 0 Å². The standard InChI is InChI=1S/C12H13FN4/c1-3-10-16-11(7(2)12(14)17-10)8-4-9(13)6-15-5-8/h4-6H,3H2,1-2H3,(H2,14,16,17). The van der Waals surface area contributed by atoms with Crippen LogP contribution >= 0.6 is 0 Å². The van der Waals surface area contributed by atoms with Crippen molar-refractivity contribution < 1.29 is 4.39 Å². The first-order chi connectivity index (χ1) is 8.11. The van der Waals surface area contributed by atoms with E-state index in [0.717, 1.165) is 11.8 Å². The number of anilines is 1. The smallest absolute Gasteiger partial charge is 0.142 e. The molecule has 0 aromatic carbocycles. The molecule has 0 aliphatic rings. The minimum absolute atomic E-state index is 0.392. The van der Waals surface area contributed by atoms with E-state index in [1.807, 2.05) is 13.8 Å². The molecule has 2 N–H and O–H groups in total. The Morgan fingerprint density at radius 3 is 2.71 bits per heavy atom. The molecule has 0 bridgehead atoms. The molecular weight excluding hydrogens is 219 g/mol. The highest BCUT2D eigenvalue weighted by atomic mass is 19.1. The number of pyridine rings is 1. The van der Waals surface area contributed by atoms with E-state index in [4.69, 9.17) is 5.73 Å². The van der Waals surface area contributed by atoms with Gasteiger partial charge in [-0.2, -0.15) is 0 Å². The third-order valence-electron chi connectivity index (χ3n) is 2.52. The Morgan fingerprint density at radius 1 is 1.29 bits per heavy atom. The van der Waals surface area contributed by atoms with Crippen molar-refractivity contribution >= 4 is 5.82 Å². The van der Waals surface area contributed by atoms with Gasteiger partial charge in [0.25, 0.3) is 0 Å². The zero-order valence-corrected chi connectivity index (χ0v) is 9.74. The topological polar surface area (TPSA) is 64.7 Å². The van der Waals surface area contributed by atoms with Crippen LogP contribution in [-0.4, -0.2) is 15.0 Å².